The molecule has 0 aromatic heterocycles. The lowest BCUT2D eigenvalue weighted by Crippen LogP contribution is -2.50. The molecule has 0 aliphatic carbocycles. The Kier molecular flexibility index (Phi) is 6.70. The maximum absolute atomic E-state index is 11.6. The molecule has 0 unspecified atom stereocenters. The smallest absolute Gasteiger partial charge is 0.234 e. The van der Waals surface area contributed by atoms with Crippen LogP contribution in [0.15, 0.2) is 0 Å². The number of sulfonamides is 1. The molecule has 0 spiro atoms. The third-order valence-electron chi connectivity index (χ3n) is 3.01. The van der Waals surface area contributed by atoms with E-state index in [4.69, 9.17) is 4.74 Å². The first-order valence-corrected chi connectivity index (χ1v) is 8.21. The van der Waals surface area contributed by atoms with Gasteiger partial charge in [-0.3, -0.25) is 9.69 Å². The average Bonchev–Trinajstić information content (AvgIpc) is 2.34. The van der Waals surface area contributed by atoms with E-state index in [0.29, 0.717) is 45.9 Å². The summed E-state index contributed by atoms with van der Waals surface area (Å²) >= 11 is 0. The zero-order valence-corrected chi connectivity index (χ0v) is 12.4. The summed E-state index contributed by atoms with van der Waals surface area (Å²) in [6, 6.07) is 0. The number of carbonyl (C=O) groups is 1. The summed E-state index contributed by atoms with van der Waals surface area (Å²) in [6.45, 7) is 3.66. The van der Waals surface area contributed by atoms with Gasteiger partial charge in [-0.05, 0) is 6.42 Å². The van der Waals surface area contributed by atoms with E-state index in [1.54, 1.807) is 7.11 Å². The minimum absolute atomic E-state index is 0.0242. The topological polar surface area (TPSA) is 79.0 Å². The fourth-order valence-electron chi connectivity index (χ4n) is 1.92. The Bertz CT molecular complexity index is 377. The second-order valence-electron chi connectivity index (χ2n) is 4.63. The quantitative estimate of drug-likeness (QED) is 0.591. The molecule has 1 saturated heterocycles. The van der Waals surface area contributed by atoms with E-state index in [0.717, 1.165) is 6.42 Å². The van der Waals surface area contributed by atoms with Gasteiger partial charge in [0.2, 0.25) is 15.9 Å². The highest BCUT2D eigenvalue weighted by atomic mass is 32.2. The number of methoxy groups -OCH3 is 1. The minimum Gasteiger partial charge on any atom is -0.385 e. The van der Waals surface area contributed by atoms with E-state index in [-0.39, 0.29) is 5.91 Å². The normalized spacial score (nSPS) is 18.4. The van der Waals surface area contributed by atoms with Crippen molar-refractivity contribution in [2.75, 3.05) is 59.2 Å². The van der Waals surface area contributed by atoms with Crippen LogP contribution < -0.4 is 5.32 Å². The number of piperazine rings is 1. The summed E-state index contributed by atoms with van der Waals surface area (Å²) in [5.41, 5.74) is 0. The second-order valence-corrected chi connectivity index (χ2v) is 6.62. The summed E-state index contributed by atoms with van der Waals surface area (Å²) in [6.07, 6.45) is 2.01. The molecular weight excluding hydrogens is 270 g/mol. The van der Waals surface area contributed by atoms with Crippen molar-refractivity contribution in [3.8, 4) is 0 Å². The zero-order valence-electron chi connectivity index (χ0n) is 11.6. The standard InChI is InChI=1S/C11H23N3O4S/c1-18-9-3-4-12-11(15)10-13-5-7-14(8-6-13)19(2,16)17/h3-10H2,1-2H3,(H,12,15). The molecule has 0 radical (unpaired) electrons. The van der Waals surface area contributed by atoms with E-state index >= 15 is 0 Å². The van der Waals surface area contributed by atoms with Gasteiger partial charge in [0.05, 0.1) is 12.8 Å². The number of amides is 1. The minimum atomic E-state index is -3.11. The van der Waals surface area contributed by atoms with Crippen LogP contribution in [0.2, 0.25) is 0 Å². The first-order valence-electron chi connectivity index (χ1n) is 6.36. The Labute approximate surface area is 114 Å². The van der Waals surface area contributed by atoms with Crippen molar-refractivity contribution < 1.29 is 17.9 Å². The molecule has 1 heterocycles. The van der Waals surface area contributed by atoms with Crippen molar-refractivity contribution in [3.63, 3.8) is 0 Å². The van der Waals surface area contributed by atoms with Gasteiger partial charge >= 0.3 is 0 Å². The van der Waals surface area contributed by atoms with Gasteiger partial charge in [0, 0.05) is 46.4 Å². The lowest BCUT2D eigenvalue weighted by molar-refractivity contribution is -0.122. The van der Waals surface area contributed by atoms with Crippen LogP contribution in [0.3, 0.4) is 0 Å². The summed E-state index contributed by atoms with van der Waals surface area (Å²) < 4.78 is 29.0. The largest absolute Gasteiger partial charge is 0.385 e. The first-order chi connectivity index (χ1) is 8.93. The van der Waals surface area contributed by atoms with Crippen LogP contribution in [0, 0.1) is 0 Å². The molecule has 19 heavy (non-hydrogen) atoms. The summed E-state index contributed by atoms with van der Waals surface area (Å²) in [5, 5.41) is 2.81. The van der Waals surface area contributed by atoms with Crippen LogP contribution in [-0.4, -0.2) is 82.8 Å². The maximum Gasteiger partial charge on any atom is 0.234 e. The number of carbonyl (C=O) groups excluding carboxylic acids is 1. The third kappa shape index (κ3) is 6.33. The van der Waals surface area contributed by atoms with Gasteiger partial charge in [-0.1, -0.05) is 0 Å². The van der Waals surface area contributed by atoms with Gasteiger partial charge in [-0.25, -0.2) is 8.42 Å². The predicted molar refractivity (Wildman–Crippen MR) is 72.4 cm³/mol. The molecule has 0 saturated carbocycles. The molecule has 0 aromatic carbocycles. The molecule has 1 fully saturated rings. The van der Waals surface area contributed by atoms with Crippen molar-refractivity contribution in [2.45, 2.75) is 6.42 Å². The number of nitrogens with zero attached hydrogens (tertiary/aromatic N) is 2. The van der Waals surface area contributed by atoms with Crippen LogP contribution in [0.4, 0.5) is 0 Å². The van der Waals surface area contributed by atoms with E-state index < -0.39 is 10.0 Å². The van der Waals surface area contributed by atoms with Crippen molar-refractivity contribution in [1.82, 2.24) is 14.5 Å². The van der Waals surface area contributed by atoms with Gasteiger partial charge in [0.25, 0.3) is 0 Å². The first kappa shape index (κ1) is 16.4. The number of hydrogen-bond acceptors (Lipinski definition) is 5. The molecule has 1 rings (SSSR count). The molecule has 7 nitrogen and oxygen atoms in total. The van der Waals surface area contributed by atoms with E-state index in [1.165, 1.54) is 10.6 Å². The lowest BCUT2D eigenvalue weighted by atomic mass is 10.3. The van der Waals surface area contributed by atoms with Crippen LogP contribution in [0.5, 0.6) is 0 Å². The average molecular weight is 293 g/mol. The molecule has 1 N–H and O–H groups in total. The van der Waals surface area contributed by atoms with Gasteiger partial charge in [0.1, 0.15) is 0 Å². The van der Waals surface area contributed by atoms with Gasteiger partial charge in [-0.15, -0.1) is 0 Å². The molecule has 1 aliphatic heterocycles. The predicted octanol–water partition coefficient (Wildman–Crippen LogP) is -1.28. The molecule has 0 aromatic rings. The molecule has 8 heteroatoms. The van der Waals surface area contributed by atoms with Crippen molar-refractivity contribution in [1.29, 1.82) is 0 Å². The zero-order chi connectivity index (χ0) is 14.3. The Morgan fingerprint density at radius 1 is 1.26 bits per heavy atom. The molecule has 112 valence electrons. The summed E-state index contributed by atoms with van der Waals surface area (Å²) in [7, 11) is -1.48. The van der Waals surface area contributed by atoms with Gasteiger partial charge < -0.3 is 10.1 Å². The van der Waals surface area contributed by atoms with E-state index in [1.807, 2.05) is 4.90 Å². The van der Waals surface area contributed by atoms with Crippen LogP contribution in [0.25, 0.3) is 0 Å². The van der Waals surface area contributed by atoms with Crippen LogP contribution in [0.1, 0.15) is 6.42 Å². The maximum atomic E-state index is 11.6. The van der Waals surface area contributed by atoms with E-state index in [9.17, 15) is 13.2 Å². The molecule has 1 amide bonds. The lowest BCUT2D eigenvalue weighted by Gasteiger charge is -2.32. The molecule has 1 aliphatic rings. The monoisotopic (exact) mass is 293 g/mol. The third-order valence-corrected chi connectivity index (χ3v) is 4.32. The highest BCUT2D eigenvalue weighted by Gasteiger charge is 2.24. The van der Waals surface area contributed by atoms with Gasteiger partial charge in [-0.2, -0.15) is 4.31 Å². The number of hydrogen-bond donors (Lipinski definition) is 1. The van der Waals surface area contributed by atoms with Crippen molar-refractivity contribution in [2.24, 2.45) is 0 Å². The van der Waals surface area contributed by atoms with Crippen molar-refractivity contribution in [3.05, 3.63) is 0 Å². The fourth-order valence-corrected chi connectivity index (χ4v) is 2.75. The Balaban J connectivity index is 2.20. The Morgan fingerprint density at radius 3 is 2.42 bits per heavy atom. The Morgan fingerprint density at radius 2 is 1.89 bits per heavy atom. The number of rotatable bonds is 7. The molecule has 0 bridgehead atoms. The highest BCUT2D eigenvalue weighted by Crippen LogP contribution is 2.05. The van der Waals surface area contributed by atoms with Gasteiger partial charge in [0.15, 0.2) is 0 Å². The van der Waals surface area contributed by atoms with Crippen LogP contribution in [-0.2, 0) is 19.6 Å². The van der Waals surface area contributed by atoms with E-state index in [2.05, 4.69) is 5.32 Å². The number of ether oxygens (including phenoxy) is 1. The Hall–Kier alpha value is -0.700. The second kappa shape index (κ2) is 7.78. The summed E-state index contributed by atoms with van der Waals surface area (Å²) in [4.78, 5) is 13.6. The number of nitrogens with one attached hydrogen (secondary N) is 1. The molecular formula is C11H23N3O4S. The summed E-state index contributed by atoms with van der Waals surface area (Å²) in [5.74, 6) is -0.0242. The highest BCUT2D eigenvalue weighted by molar-refractivity contribution is 7.88. The fraction of sp³-hybridized carbons (Fsp3) is 0.909. The van der Waals surface area contributed by atoms with Crippen molar-refractivity contribution >= 4 is 15.9 Å². The van der Waals surface area contributed by atoms with Crippen LogP contribution >= 0.6 is 0 Å². The SMILES string of the molecule is COCCCNC(=O)CN1CCN(S(C)(=O)=O)CC1. The molecule has 0 atom stereocenters.